The van der Waals surface area contributed by atoms with Crippen LogP contribution in [0.15, 0.2) is 36.5 Å². The van der Waals surface area contributed by atoms with Gasteiger partial charge in [0.15, 0.2) is 0 Å². The van der Waals surface area contributed by atoms with Crippen molar-refractivity contribution >= 4 is 56.8 Å². The number of amides is 2. The molecule has 0 saturated carbocycles. The molecule has 2 amide bonds. The molecule has 0 aliphatic rings. The minimum absolute atomic E-state index is 0.115. The van der Waals surface area contributed by atoms with Gasteiger partial charge in [0.1, 0.15) is 17.9 Å². The number of carboxylic acid groups (broad SMARTS) is 1. The predicted molar refractivity (Wildman–Crippen MR) is 152 cm³/mol. The number of likely N-dealkylation sites (N-methyl/N-ethyl adjacent to an activating group) is 1. The molecular weight excluding hydrogens is 626 g/mol. The molecular formula is C25H32Cl2F3N5O6S. The van der Waals surface area contributed by atoms with Crippen LogP contribution < -0.4 is 16.4 Å². The van der Waals surface area contributed by atoms with Crippen molar-refractivity contribution in [3.63, 3.8) is 0 Å². The summed E-state index contributed by atoms with van der Waals surface area (Å²) in [6.07, 6.45) is -1.82. The van der Waals surface area contributed by atoms with E-state index in [0.29, 0.717) is 27.8 Å². The van der Waals surface area contributed by atoms with Crippen LogP contribution in [0, 0.1) is 5.92 Å². The first-order valence-corrected chi connectivity index (χ1v) is 14.8. The Morgan fingerprint density at radius 1 is 1.10 bits per heavy atom. The number of nitrogens with one attached hydrogen (secondary N) is 2. The third-order valence-electron chi connectivity index (χ3n) is 5.98. The van der Waals surface area contributed by atoms with E-state index >= 15 is 0 Å². The quantitative estimate of drug-likeness (QED) is 0.285. The maximum absolute atomic E-state index is 13.3. The topological polar surface area (TPSA) is 172 Å². The second kappa shape index (κ2) is 15.9. The van der Waals surface area contributed by atoms with E-state index < -0.39 is 46.1 Å². The molecule has 0 spiro atoms. The van der Waals surface area contributed by atoms with Crippen LogP contribution in [-0.4, -0.2) is 72.2 Å². The molecule has 0 aliphatic heterocycles. The van der Waals surface area contributed by atoms with Gasteiger partial charge in [-0.3, -0.25) is 9.59 Å². The average molecular weight is 659 g/mol. The fourth-order valence-corrected chi connectivity index (χ4v) is 4.47. The van der Waals surface area contributed by atoms with E-state index in [1.54, 1.807) is 43.5 Å². The molecule has 1 unspecified atom stereocenters. The lowest BCUT2D eigenvalue weighted by Gasteiger charge is -2.31. The van der Waals surface area contributed by atoms with Crippen molar-refractivity contribution in [2.45, 2.75) is 51.5 Å². The number of anilines is 1. The van der Waals surface area contributed by atoms with Crippen LogP contribution in [0.25, 0.3) is 0 Å². The molecule has 11 nitrogen and oxygen atoms in total. The molecule has 234 valence electrons. The first-order valence-electron chi connectivity index (χ1n) is 12.2. The molecule has 2 aromatic rings. The van der Waals surface area contributed by atoms with E-state index in [1.165, 1.54) is 7.05 Å². The second-order valence-electron chi connectivity index (χ2n) is 9.24. The molecule has 2 rings (SSSR count). The summed E-state index contributed by atoms with van der Waals surface area (Å²) in [7, 11) is -2.30. The number of aromatic nitrogens is 1. The fourth-order valence-electron chi connectivity index (χ4n) is 3.43. The summed E-state index contributed by atoms with van der Waals surface area (Å²) < 4.78 is 57.1. The van der Waals surface area contributed by atoms with Crippen LogP contribution >= 0.6 is 23.2 Å². The number of hydrogen-bond acceptors (Lipinski definition) is 7. The number of benzene rings is 1. The number of halogens is 5. The molecule has 17 heteroatoms. The third-order valence-corrected chi connectivity index (χ3v) is 7.99. The average Bonchev–Trinajstić information content (AvgIpc) is 2.89. The molecule has 0 saturated heterocycles. The number of nitrogens with zero attached hydrogens (tertiary/aromatic N) is 2. The summed E-state index contributed by atoms with van der Waals surface area (Å²) in [5, 5.41) is 13.3. The monoisotopic (exact) mass is 657 g/mol. The Bertz CT molecular complexity index is 1350. The number of nitrogens with two attached hydrogens (primary N) is 1. The first kappa shape index (κ1) is 36.9. The maximum atomic E-state index is 13.3. The predicted octanol–water partition coefficient (Wildman–Crippen LogP) is 3.25. The Hall–Kier alpha value is -3.14. The van der Waals surface area contributed by atoms with Crippen LogP contribution in [-0.2, 0) is 37.4 Å². The largest absolute Gasteiger partial charge is 0.490 e. The lowest BCUT2D eigenvalue weighted by Crippen LogP contribution is -2.56. The van der Waals surface area contributed by atoms with E-state index in [0.717, 1.165) is 16.1 Å². The molecule has 0 bridgehead atoms. The summed E-state index contributed by atoms with van der Waals surface area (Å²) in [6, 6.07) is 6.30. The van der Waals surface area contributed by atoms with E-state index in [4.69, 9.17) is 38.8 Å². The number of carboxylic acids is 1. The number of carbonyl (C=O) groups excluding carboxylic acids is 2. The van der Waals surface area contributed by atoms with Crippen molar-refractivity contribution in [3.8, 4) is 0 Å². The summed E-state index contributed by atoms with van der Waals surface area (Å²) in [4.78, 5) is 39.3. The molecule has 1 aromatic carbocycles. The number of pyridine rings is 1. The lowest BCUT2D eigenvalue weighted by molar-refractivity contribution is -0.192. The number of hydrogen-bond donors (Lipinski definition) is 4. The summed E-state index contributed by atoms with van der Waals surface area (Å²) in [5.41, 5.74) is 7.00. The van der Waals surface area contributed by atoms with Crippen molar-refractivity contribution in [2.75, 3.05) is 19.0 Å². The third kappa shape index (κ3) is 12.0. The molecule has 0 aliphatic carbocycles. The van der Waals surface area contributed by atoms with Gasteiger partial charge in [-0.25, -0.2) is 18.2 Å². The summed E-state index contributed by atoms with van der Waals surface area (Å²) >= 11 is 12.1. The summed E-state index contributed by atoms with van der Waals surface area (Å²) in [6.45, 7) is 3.81. The Kier molecular flexibility index (Phi) is 14.0. The molecule has 1 aromatic heterocycles. The van der Waals surface area contributed by atoms with Gasteiger partial charge in [0.2, 0.25) is 21.8 Å². The van der Waals surface area contributed by atoms with Crippen LogP contribution in [0.1, 0.15) is 31.4 Å². The number of sulfonamides is 1. The van der Waals surface area contributed by atoms with Crippen molar-refractivity contribution in [3.05, 3.63) is 57.7 Å². The molecule has 42 heavy (non-hydrogen) atoms. The van der Waals surface area contributed by atoms with Crippen LogP contribution in [0.4, 0.5) is 19.0 Å². The van der Waals surface area contributed by atoms with E-state index in [1.807, 2.05) is 6.92 Å². The smallest absolute Gasteiger partial charge is 0.475 e. The molecule has 5 N–H and O–H groups in total. The van der Waals surface area contributed by atoms with Crippen molar-refractivity contribution in [1.29, 1.82) is 0 Å². The highest BCUT2D eigenvalue weighted by Gasteiger charge is 2.38. The number of alkyl halides is 3. The van der Waals surface area contributed by atoms with E-state index in [-0.39, 0.29) is 18.9 Å². The minimum Gasteiger partial charge on any atom is -0.475 e. The van der Waals surface area contributed by atoms with E-state index in [9.17, 15) is 31.2 Å². The van der Waals surface area contributed by atoms with E-state index in [2.05, 4.69) is 15.6 Å². The second-order valence-corrected chi connectivity index (χ2v) is 12.1. The zero-order valence-electron chi connectivity index (χ0n) is 23.1. The number of carbonyl (C=O) groups is 3. The Morgan fingerprint density at radius 3 is 2.12 bits per heavy atom. The van der Waals surface area contributed by atoms with Gasteiger partial charge in [0.05, 0.1) is 16.3 Å². The zero-order chi connectivity index (χ0) is 32.4. The maximum Gasteiger partial charge on any atom is 0.490 e. The standard InChI is InChI=1S/C23H31Cl2N5O4S.C2HF3O2/c1-5-14(2)21(30(3)35(4,33)34)23(32)29-19(11-15-6-8-17(24)18(25)10-15)22(31)28-13-16-7-9-20(26)27-12-16;3-2(4,5)1(6)7/h6-10,12,14,19,21H,5,11,13H2,1-4H3,(H2,26,27)(H,28,31)(H,29,32);(H,6,7)/t14?,19-,21+;/m0./s1. The number of aliphatic carboxylic acids is 1. The van der Waals surface area contributed by atoms with Gasteiger partial charge >= 0.3 is 12.1 Å². The zero-order valence-corrected chi connectivity index (χ0v) is 25.4. The van der Waals surface area contributed by atoms with Gasteiger partial charge in [-0.1, -0.05) is 55.6 Å². The molecule has 0 fully saturated rings. The van der Waals surface area contributed by atoms with Crippen LogP contribution in [0.5, 0.6) is 0 Å². The van der Waals surface area contributed by atoms with Gasteiger partial charge in [0.25, 0.3) is 0 Å². The van der Waals surface area contributed by atoms with Gasteiger partial charge < -0.3 is 21.5 Å². The highest BCUT2D eigenvalue weighted by Crippen LogP contribution is 2.23. The van der Waals surface area contributed by atoms with Crippen molar-refractivity contribution in [2.24, 2.45) is 5.92 Å². The highest BCUT2D eigenvalue weighted by molar-refractivity contribution is 7.88. The SMILES string of the molecule is CCC(C)[C@H](C(=O)N[C@@H](Cc1ccc(Cl)c(Cl)c1)C(=O)NCc1ccc(N)nc1)N(C)S(C)(=O)=O.O=C(O)C(F)(F)F. The van der Waals surface area contributed by atoms with Crippen molar-refractivity contribution < 1.29 is 41.1 Å². The number of nitrogen functional groups attached to an aromatic ring is 1. The normalized spacial score (nSPS) is 13.8. The van der Waals surface area contributed by atoms with Gasteiger partial charge in [-0.05, 0) is 35.2 Å². The number of rotatable bonds is 11. The fraction of sp³-hybridized carbons (Fsp3) is 0.440. The molecule has 1 heterocycles. The summed E-state index contributed by atoms with van der Waals surface area (Å²) in [5.74, 6) is -3.71. The lowest BCUT2D eigenvalue weighted by atomic mass is 9.97. The highest BCUT2D eigenvalue weighted by atomic mass is 35.5. The van der Waals surface area contributed by atoms with Gasteiger partial charge in [0, 0.05) is 26.2 Å². The van der Waals surface area contributed by atoms with Crippen LogP contribution in [0.2, 0.25) is 10.0 Å². The molecule has 0 radical (unpaired) electrons. The van der Waals surface area contributed by atoms with Crippen LogP contribution in [0.3, 0.4) is 0 Å². The van der Waals surface area contributed by atoms with Gasteiger partial charge in [-0.2, -0.15) is 17.5 Å². The van der Waals surface area contributed by atoms with Crippen molar-refractivity contribution in [1.82, 2.24) is 19.9 Å². The first-order chi connectivity index (χ1) is 19.3. The minimum atomic E-state index is -5.08. The Morgan fingerprint density at radius 2 is 1.67 bits per heavy atom. The molecule has 3 atom stereocenters. The Balaban J connectivity index is 0.00000112. The van der Waals surface area contributed by atoms with Gasteiger partial charge in [-0.15, -0.1) is 0 Å². The Labute approximate surface area is 251 Å².